The van der Waals surface area contributed by atoms with Crippen molar-refractivity contribution < 1.29 is 4.39 Å². The van der Waals surface area contributed by atoms with Crippen molar-refractivity contribution in [2.24, 2.45) is 0 Å². The number of pyridine rings is 1. The summed E-state index contributed by atoms with van der Waals surface area (Å²) in [6.07, 6.45) is 3.52. The molecule has 2 aromatic heterocycles. The molecule has 0 amide bonds. The quantitative estimate of drug-likeness (QED) is 0.474. The van der Waals surface area contributed by atoms with E-state index in [4.69, 9.17) is 0 Å². The molecule has 0 atom stereocenters. The lowest BCUT2D eigenvalue weighted by Gasteiger charge is -2.12. The van der Waals surface area contributed by atoms with Crippen molar-refractivity contribution in [3.8, 4) is 11.3 Å². The molecular weight excluding hydrogens is 365 g/mol. The first-order valence-corrected chi connectivity index (χ1v) is 9.32. The first-order valence-electron chi connectivity index (χ1n) is 9.32. The highest BCUT2D eigenvalue weighted by atomic mass is 19.1. The Morgan fingerprint density at radius 3 is 2.17 bits per heavy atom. The minimum Gasteiger partial charge on any atom is -0.366 e. The van der Waals surface area contributed by atoms with Crippen LogP contribution in [0.1, 0.15) is 11.1 Å². The van der Waals surface area contributed by atoms with Crippen LogP contribution in [0.3, 0.4) is 0 Å². The van der Waals surface area contributed by atoms with Gasteiger partial charge >= 0.3 is 0 Å². The Labute approximate surface area is 168 Å². The fourth-order valence-electron chi connectivity index (χ4n) is 2.85. The minimum absolute atomic E-state index is 0.246. The number of benzene rings is 2. The molecule has 0 saturated heterocycles. The maximum absolute atomic E-state index is 13.1. The summed E-state index contributed by atoms with van der Waals surface area (Å²) in [5, 5.41) is 6.58. The lowest BCUT2D eigenvalue weighted by Crippen LogP contribution is -2.08. The fraction of sp³-hybridized carbons (Fsp3) is 0.0870. The molecule has 6 heteroatoms. The van der Waals surface area contributed by atoms with Gasteiger partial charge in [0.25, 0.3) is 0 Å². The molecule has 0 radical (unpaired) electrons. The normalized spacial score (nSPS) is 10.5. The summed E-state index contributed by atoms with van der Waals surface area (Å²) in [5.74, 6) is 0.981. The van der Waals surface area contributed by atoms with Crippen molar-refractivity contribution in [1.29, 1.82) is 0 Å². The molecule has 4 aromatic rings. The number of nitrogens with one attached hydrogen (secondary N) is 2. The van der Waals surface area contributed by atoms with Gasteiger partial charge in [-0.15, -0.1) is 0 Å². The highest BCUT2D eigenvalue weighted by molar-refractivity contribution is 5.64. The van der Waals surface area contributed by atoms with Crippen LogP contribution in [-0.4, -0.2) is 15.0 Å². The summed E-state index contributed by atoms with van der Waals surface area (Å²) in [4.78, 5) is 13.3. The molecule has 0 fully saturated rings. The molecular formula is C23H20FN5. The van der Waals surface area contributed by atoms with E-state index in [9.17, 15) is 4.39 Å². The van der Waals surface area contributed by atoms with Crippen LogP contribution in [-0.2, 0) is 13.1 Å². The highest BCUT2D eigenvalue weighted by Gasteiger charge is 2.07. The van der Waals surface area contributed by atoms with Crippen LogP contribution in [0.25, 0.3) is 11.3 Å². The second-order valence-corrected chi connectivity index (χ2v) is 6.52. The molecule has 4 rings (SSSR count). The minimum atomic E-state index is -0.246. The van der Waals surface area contributed by atoms with Gasteiger partial charge in [-0.3, -0.25) is 4.98 Å². The van der Waals surface area contributed by atoms with E-state index in [0.29, 0.717) is 24.9 Å². The Hall–Kier alpha value is -3.80. The molecule has 0 saturated carbocycles. The van der Waals surface area contributed by atoms with Crippen LogP contribution >= 0.6 is 0 Å². The van der Waals surface area contributed by atoms with E-state index in [-0.39, 0.29) is 5.82 Å². The molecule has 2 N–H and O–H groups in total. The van der Waals surface area contributed by atoms with E-state index in [0.717, 1.165) is 22.4 Å². The third-order valence-corrected chi connectivity index (χ3v) is 4.38. The standard InChI is InChI=1S/C23H20FN5/c24-20-8-6-17(7-9-20)15-26-22-14-21(19-4-2-1-3-5-19)28-23(29-22)27-16-18-10-12-25-13-11-18/h1-14H,15-16H2,(H2,26,27,28,29). The van der Waals surface area contributed by atoms with E-state index in [1.165, 1.54) is 12.1 Å². The number of aromatic nitrogens is 3. The van der Waals surface area contributed by atoms with Crippen molar-refractivity contribution in [2.45, 2.75) is 13.1 Å². The zero-order valence-corrected chi connectivity index (χ0v) is 15.7. The van der Waals surface area contributed by atoms with Crippen LogP contribution in [0.15, 0.2) is 85.2 Å². The summed E-state index contributed by atoms with van der Waals surface area (Å²) < 4.78 is 13.1. The van der Waals surface area contributed by atoms with Gasteiger partial charge in [0, 0.05) is 37.1 Å². The summed E-state index contributed by atoms with van der Waals surface area (Å²) in [7, 11) is 0. The molecule has 0 unspecified atom stereocenters. The van der Waals surface area contributed by atoms with E-state index in [1.54, 1.807) is 24.5 Å². The van der Waals surface area contributed by atoms with Crippen LogP contribution in [0.2, 0.25) is 0 Å². The smallest absolute Gasteiger partial charge is 0.225 e. The van der Waals surface area contributed by atoms with Crippen LogP contribution in [0.5, 0.6) is 0 Å². The zero-order chi connectivity index (χ0) is 19.9. The predicted molar refractivity (Wildman–Crippen MR) is 113 cm³/mol. The third-order valence-electron chi connectivity index (χ3n) is 4.38. The van der Waals surface area contributed by atoms with Crippen molar-refractivity contribution >= 4 is 11.8 Å². The number of hydrogen-bond donors (Lipinski definition) is 2. The molecule has 29 heavy (non-hydrogen) atoms. The van der Waals surface area contributed by atoms with Gasteiger partial charge in [0.05, 0.1) is 5.69 Å². The number of hydrogen-bond acceptors (Lipinski definition) is 5. The van der Waals surface area contributed by atoms with Gasteiger partial charge < -0.3 is 10.6 Å². The van der Waals surface area contributed by atoms with Gasteiger partial charge in [-0.05, 0) is 35.4 Å². The average Bonchev–Trinajstić information content (AvgIpc) is 2.78. The number of anilines is 2. The zero-order valence-electron chi connectivity index (χ0n) is 15.7. The molecule has 0 aliphatic heterocycles. The second-order valence-electron chi connectivity index (χ2n) is 6.52. The summed E-state index contributed by atoms with van der Waals surface area (Å²) in [5.41, 5.74) is 3.89. The number of nitrogens with zero attached hydrogens (tertiary/aromatic N) is 3. The average molecular weight is 385 g/mol. The largest absolute Gasteiger partial charge is 0.366 e. The Bertz CT molecular complexity index is 1050. The fourth-order valence-corrected chi connectivity index (χ4v) is 2.85. The predicted octanol–water partition coefficient (Wildman–Crippen LogP) is 4.90. The van der Waals surface area contributed by atoms with E-state index in [1.807, 2.05) is 48.5 Å². The van der Waals surface area contributed by atoms with Gasteiger partial charge in [-0.2, -0.15) is 4.98 Å². The number of rotatable bonds is 7. The molecule has 0 aliphatic carbocycles. The third kappa shape index (κ3) is 5.13. The van der Waals surface area contributed by atoms with Crippen LogP contribution in [0.4, 0.5) is 16.2 Å². The van der Waals surface area contributed by atoms with Gasteiger partial charge in [0.15, 0.2) is 0 Å². The van der Waals surface area contributed by atoms with Crippen molar-refractivity contribution in [3.63, 3.8) is 0 Å². The maximum Gasteiger partial charge on any atom is 0.225 e. The van der Waals surface area contributed by atoms with Gasteiger partial charge in [-0.1, -0.05) is 42.5 Å². The number of halogens is 1. The molecule has 5 nitrogen and oxygen atoms in total. The van der Waals surface area contributed by atoms with E-state index in [2.05, 4.69) is 25.6 Å². The Morgan fingerprint density at radius 1 is 0.724 bits per heavy atom. The Balaban J connectivity index is 1.56. The topological polar surface area (TPSA) is 62.7 Å². The summed E-state index contributed by atoms with van der Waals surface area (Å²) in [6.45, 7) is 1.13. The van der Waals surface area contributed by atoms with Crippen molar-refractivity contribution in [2.75, 3.05) is 10.6 Å². The second kappa shape index (κ2) is 8.93. The summed E-state index contributed by atoms with van der Waals surface area (Å²) >= 11 is 0. The van der Waals surface area contributed by atoms with Gasteiger partial charge in [-0.25, -0.2) is 9.37 Å². The Morgan fingerprint density at radius 2 is 1.41 bits per heavy atom. The molecule has 0 spiro atoms. The van der Waals surface area contributed by atoms with Crippen molar-refractivity contribution in [3.05, 3.63) is 102 Å². The van der Waals surface area contributed by atoms with Crippen LogP contribution in [0, 0.1) is 5.82 Å². The molecule has 0 aliphatic rings. The molecule has 144 valence electrons. The van der Waals surface area contributed by atoms with Crippen LogP contribution < -0.4 is 10.6 Å². The van der Waals surface area contributed by atoms with Crippen molar-refractivity contribution in [1.82, 2.24) is 15.0 Å². The monoisotopic (exact) mass is 385 g/mol. The maximum atomic E-state index is 13.1. The summed E-state index contributed by atoms with van der Waals surface area (Å²) in [6, 6.07) is 22.2. The SMILES string of the molecule is Fc1ccc(CNc2cc(-c3ccccc3)nc(NCc3ccncc3)n2)cc1. The molecule has 2 aromatic carbocycles. The lowest BCUT2D eigenvalue weighted by atomic mass is 10.1. The lowest BCUT2D eigenvalue weighted by molar-refractivity contribution is 0.627. The molecule has 2 heterocycles. The first kappa shape index (κ1) is 18.6. The van der Waals surface area contributed by atoms with E-state index >= 15 is 0 Å². The Kier molecular flexibility index (Phi) is 5.71. The van der Waals surface area contributed by atoms with Gasteiger partial charge in [0.2, 0.25) is 5.95 Å². The first-order chi connectivity index (χ1) is 14.3. The molecule has 0 bridgehead atoms. The van der Waals surface area contributed by atoms with Gasteiger partial charge in [0.1, 0.15) is 11.6 Å². The highest BCUT2D eigenvalue weighted by Crippen LogP contribution is 2.22. The van der Waals surface area contributed by atoms with E-state index < -0.39 is 0 Å².